The number of aryl methyl sites for hydroxylation is 1. The average molecular weight is 222 g/mol. The van der Waals surface area contributed by atoms with Crippen LogP contribution in [0.5, 0.6) is 0 Å². The van der Waals surface area contributed by atoms with Crippen molar-refractivity contribution in [1.82, 2.24) is 9.55 Å². The van der Waals surface area contributed by atoms with Crippen molar-refractivity contribution >= 4 is 5.97 Å². The molecular weight excluding hydrogens is 213 g/mol. The summed E-state index contributed by atoms with van der Waals surface area (Å²) in [7, 11) is 0. The molecule has 0 aromatic carbocycles. The zero-order valence-corrected chi connectivity index (χ0v) is 7.66. The zero-order chi connectivity index (χ0) is 11.5. The Morgan fingerprint density at radius 2 is 2.20 bits per heavy atom. The van der Waals surface area contributed by atoms with Gasteiger partial charge < -0.3 is 9.67 Å². The number of carboxylic acid groups (broad SMARTS) is 1. The standard InChI is InChI=1S/C8H9F3N2O2/c9-8(10,11)5-13-4-3-12-6(13)1-2-7(14)15/h3-4H,1-2,5H2,(H,14,15). The Morgan fingerprint density at radius 1 is 1.53 bits per heavy atom. The fourth-order valence-corrected chi connectivity index (χ4v) is 1.12. The number of aromatic nitrogens is 2. The lowest BCUT2D eigenvalue weighted by atomic mass is 10.3. The van der Waals surface area contributed by atoms with Crippen molar-refractivity contribution in [3.8, 4) is 0 Å². The number of imidazole rings is 1. The van der Waals surface area contributed by atoms with E-state index >= 15 is 0 Å². The first-order valence-electron chi connectivity index (χ1n) is 4.17. The van der Waals surface area contributed by atoms with Crippen LogP contribution < -0.4 is 0 Å². The molecule has 0 amide bonds. The topological polar surface area (TPSA) is 55.1 Å². The first-order valence-corrected chi connectivity index (χ1v) is 4.17. The van der Waals surface area contributed by atoms with E-state index in [4.69, 9.17) is 5.11 Å². The number of hydrogen-bond acceptors (Lipinski definition) is 2. The number of carboxylic acids is 1. The van der Waals surface area contributed by atoms with Crippen molar-refractivity contribution in [2.45, 2.75) is 25.6 Å². The van der Waals surface area contributed by atoms with E-state index in [9.17, 15) is 18.0 Å². The minimum absolute atomic E-state index is 0.00157. The van der Waals surface area contributed by atoms with Crippen molar-refractivity contribution in [2.75, 3.05) is 0 Å². The highest BCUT2D eigenvalue weighted by molar-refractivity contribution is 5.66. The minimum Gasteiger partial charge on any atom is -0.481 e. The van der Waals surface area contributed by atoms with Crippen LogP contribution in [0.2, 0.25) is 0 Å². The Labute approximate surface area is 83.3 Å². The molecule has 0 bridgehead atoms. The molecule has 0 spiro atoms. The van der Waals surface area contributed by atoms with Crippen LogP contribution in [0.1, 0.15) is 12.2 Å². The molecule has 0 radical (unpaired) electrons. The van der Waals surface area contributed by atoms with Crippen molar-refractivity contribution < 1.29 is 23.1 Å². The maximum atomic E-state index is 12.0. The van der Waals surface area contributed by atoms with Gasteiger partial charge in [0.15, 0.2) is 0 Å². The van der Waals surface area contributed by atoms with E-state index < -0.39 is 18.7 Å². The van der Waals surface area contributed by atoms with Crippen LogP contribution in [-0.2, 0) is 17.8 Å². The third-order valence-electron chi connectivity index (χ3n) is 1.71. The summed E-state index contributed by atoms with van der Waals surface area (Å²) in [5, 5.41) is 8.38. The van der Waals surface area contributed by atoms with Gasteiger partial charge in [-0.2, -0.15) is 13.2 Å². The molecule has 0 aliphatic carbocycles. The maximum absolute atomic E-state index is 12.0. The van der Waals surface area contributed by atoms with E-state index in [2.05, 4.69) is 4.98 Å². The zero-order valence-electron chi connectivity index (χ0n) is 7.66. The second kappa shape index (κ2) is 4.33. The molecular formula is C8H9F3N2O2. The summed E-state index contributed by atoms with van der Waals surface area (Å²) >= 11 is 0. The molecule has 0 fully saturated rings. The molecule has 1 aromatic rings. The van der Waals surface area contributed by atoms with Gasteiger partial charge in [-0.15, -0.1) is 0 Å². The van der Waals surface area contributed by atoms with Crippen molar-refractivity contribution in [1.29, 1.82) is 0 Å². The molecule has 0 unspecified atom stereocenters. The van der Waals surface area contributed by atoms with Crippen LogP contribution in [-0.4, -0.2) is 26.8 Å². The van der Waals surface area contributed by atoms with Gasteiger partial charge in [0.25, 0.3) is 0 Å². The van der Waals surface area contributed by atoms with E-state index in [-0.39, 0.29) is 18.7 Å². The summed E-state index contributed by atoms with van der Waals surface area (Å²) < 4.78 is 37.0. The van der Waals surface area contributed by atoms with Crippen molar-refractivity contribution in [3.63, 3.8) is 0 Å². The molecule has 15 heavy (non-hydrogen) atoms. The van der Waals surface area contributed by atoms with Gasteiger partial charge in [-0.1, -0.05) is 0 Å². The third kappa shape index (κ3) is 4.01. The van der Waals surface area contributed by atoms with Gasteiger partial charge in [-0.25, -0.2) is 4.98 Å². The predicted octanol–water partition coefficient (Wildman–Crippen LogP) is 1.46. The molecule has 0 aliphatic heterocycles. The Kier molecular flexibility index (Phi) is 3.33. The molecule has 0 saturated heterocycles. The summed E-state index contributed by atoms with van der Waals surface area (Å²) in [6, 6.07) is 0. The lowest BCUT2D eigenvalue weighted by Gasteiger charge is -2.09. The second-order valence-electron chi connectivity index (χ2n) is 2.98. The quantitative estimate of drug-likeness (QED) is 0.839. The number of halogens is 3. The van der Waals surface area contributed by atoms with Crippen LogP contribution >= 0.6 is 0 Å². The molecule has 1 aromatic heterocycles. The number of rotatable bonds is 4. The molecule has 1 rings (SSSR count). The predicted molar refractivity (Wildman–Crippen MR) is 44.2 cm³/mol. The van der Waals surface area contributed by atoms with Crippen LogP contribution in [0.15, 0.2) is 12.4 Å². The highest BCUT2D eigenvalue weighted by Gasteiger charge is 2.28. The van der Waals surface area contributed by atoms with Gasteiger partial charge in [0.1, 0.15) is 12.4 Å². The lowest BCUT2D eigenvalue weighted by Crippen LogP contribution is -2.19. The number of alkyl halides is 3. The summed E-state index contributed by atoms with van der Waals surface area (Å²) in [6.07, 6.45) is -2.14. The minimum atomic E-state index is -4.32. The lowest BCUT2D eigenvalue weighted by molar-refractivity contribution is -0.141. The summed E-state index contributed by atoms with van der Waals surface area (Å²) in [6.45, 7) is -1.14. The third-order valence-corrected chi connectivity index (χ3v) is 1.71. The average Bonchev–Trinajstić information content (AvgIpc) is 2.45. The fraction of sp³-hybridized carbons (Fsp3) is 0.500. The van der Waals surface area contributed by atoms with Gasteiger partial charge in [0.05, 0.1) is 6.42 Å². The van der Waals surface area contributed by atoms with Crippen LogP contribution in [0.25, 0.3) is 0 Å². The summed E-state index contributed by atoms with van der Waals surface area (Å²) in [5.41, 5.74) is 0. The highest BCUT2D eigenvalue weighted by Crippen LogP contribution is 2.18. The summed E-state index contributed by atoms with van der Waals surface area (Å²) in [4.78, 5) is 13.9. The molecule has 1 heterocycles. The Hall–Kier alpha value is -1.53. The maximum Gasteiger partial charge on any atom is 0.406 e. The highest BCUT2D eigenvalue weighted by atomic mass is 19.4. The van der Waals surface area contributed by atoms with E-state index in [0.29, 0.717) is 0 Å². The van der Waals surface area contributed by atoms with Crippen molar-refractivity contribution in [2.24, 2.45) is 0 Å². The molecule has 0 aliphatic rings. The van der Waals surface area contributed by atoms with E-state index in [1.165, 1.54) is 12.4 Å². The Balaban J connectivity index is 2.65. The number of nitrogens with zero attached hydrogens (tertiary/aromatic N) is 2. The Bertz CT molecular complexity index is 346. The smallest absolute Gasteiger partial charge is 0.406 e. The second-order valence-corrected chi connectivity index (χ2v) is 2.98. The fourth-order valence-electron chi connectivity index (χ4n) is 1.12. The molecule has 0 atom stereocenters. The molecule has 0 saturated carbocycles. The molecule has 84 valence electrons. The van der Waals surface area contributed by atoms with E-state index in [1.807, 2.05) is 0 Å². The monoisotopic (exact) mass is 222 g/mol. The number of carbonyl (C=O) groups is 1. The van der Waals surface area contributed by atoms with Crippen LogP contribution in [0.4, 0.5) is 13.2 Å². The normalized spacial score (nSPS) is 11.7. The van der Waals surface area contributed by atoms with E-state index in [1.54, 1.807) is 0 Å². The summed E-state index contributed by atoms with van der Waals surface area (Å²) in [5.74, 6) is -0.925. The van der Waals surface area contributed by atoms with Crippen LogP contribution in [0, 0.1) is 0 Å². The van der Waals surface area contributed by atoms with Gasteiger partial charge in [-0.3, -0.25) is 4.79 Å². The number of aliphatic carboxylic acids is 1. The molecule has 7 heteroatoms. The first kappa shape index (κ1) is 11.5. The SMILES string of the molecule is O=C(O)CCc1nccn1CC(F)(F)F. The van der Waals surface area contributed by atoms with Gasteiger partial charge in [0, 0.05) is 18.8 Å². The van der Waals surface area contributed by atoms with Gasteiger partial charge in [0.2, 0.25) is 0 Å². The Morgan fingerprint density at radius 3 is 2.73 bits per heavy atom. The van der Waals surface area contributed by atoms with Crippen LogP contribution in [0.3, 0.4) is 0 Å². The largest absolute Gasteiger partial charge is 0.481 e. The van der Waals surface area contributed by atoms with Crippen molar-refractivity contribution in [3.05, 3.63) is 18.2 Å². The van der Waals surface area contributed by atoms with Gasteiger partial charge >= 0.3 is 12.1 Å². The number of hydrogen-bond donors (Lipinski definition) is 1. The van der Waals surface area contributed by atoms with E-state index in [0.717, 1.165) is 4.57 Å². The molecule has 1 N–H and O–H groups in total. The molecule has 4 nitrogen and oxygen atoms in total. The van der Waals surface area contributed by atoms with Gasteiger partial charge in [-0.05, 0) is 0 Å². The first-order chi connectivity index (χ1) is 6.88.